The molecule has 0 saturated carbocycles. The molecular weight excluding hydrogens is 408 g/mol. The van der Waals surface area contributed by atoms with E-state index in [-0.39, 0.29) is 13.2 Å². The first-order valence-electron chi connectivity index (χ1n) is 11.1. The number of aryl methyl sites for hydroxylation is 1. The summed E-state index contributed by atoms with van der Waals surface area (Å²) in [6.45, 7) is 5.90. The third-order valence-electron chi connectivity index (χ3n) is 5.12. The van der Waals surface area contributed by atoms with Gasteiger partial charge in [-0.3, -0.25) is 0 Å². The molecular formula is C26H30O6. The molecule has 32 heavy (non-hydrogen) atoms. The second kappa shape index (κ2) is 11.4. The molecule has 0 heterocycles. The molecule has 0 N–H and O–H groups in total. The highest BCUT2D eigenvalue weighted by molar-refractivity contribution is 6.12. The summed E-state index contributed by atoms with van der Waals surface area (Å²) in [5.41, 5.74) is 1.11. The van der Waals surface area contributed by atoms with Gasteiger partial charge in [0.15, 0.2) is 13.2 Å². The molecule has 0 spiro atoms. The predicted octanol–water partition coefficient (Wildman–Crippen LogP) is 5.22. The molecule has 3 aromatic carbocycles. The van der Waals surface area contributed by atoms with E-state index >= 15 is 0 Å². The zero-order valence-corrected chi connectivity index (χ0v) is 18.9. The molecule has 170 valence electrons. The van der Waals surface area contributed by atoms with E-state index in [1.807, 2.05) is 36.4 Å². The van der Waals surface area contributed by atoms with Crippen LogP contribution in [0.15, 0.2) is 42.5 Å². The van der Waals surface area contributed by atoms with Crippen molar-refractivity contribution in [2.75, 3.05) is 26.4 Å². The van der Waals surface area contributed by atoms with E-state index in [0.29, 0.717) is 24.7 Å². The van der Waals surface area contributed by atoms with Crippen LogP contribution in [0.2, 0.25) is 0 Å². The van der Waals surface area contributed by atoms with Crippen LogP contribution in [0.1, 0.15) is 39.2 Å². The Morgan fingerprint density at radius 1 is 0.719 bits per heavy atom. The number of fused-ring (bicyclic) bond motifs is 2. The maximum atomic E-state index is 12.0. The minimum absolute atomic E-state index is 0.182. The lowest BCUT2D eigenvalue weighted by Gasteiger charge is -2.19. The normalized spacial score (nSPS) is 10.8. The summed E-state index contributed by atoms with van der Waals surface area (Å²) in [6, 6.07) is 13.7. The van der Waals surface area contributed by atoms with Crippen LogP contribution in [0.5, 0.6) is 11.5 Å². The van der Waals surface area contributed by atoms with Gasteiger partial charge in [-0.1, -0.05) is 55.8 Å². The summed E-state index contributed by atoms with van der Waals surface area (Å²) < 4.78 is 22.2. The second-order valence-corrected chi connectivity index (χ2v) is 7.33. The Bertz CT molecular complexity index is 1090. The van der Waals surface area contributed by atoms with Gasteiger partial charge in [0, 0.05) is 21.5 Å². The summed E-state index contributed by atoms with van der Waals surface area (Å²) in [7, 11) is 0. The Morgan fingerprint density at radius 2 is 1.28 bits per heavy atom. The highest BCUT2D eigenvalue weighted by Crippen LogP contribution is 2.44. The molecule has 6 heteroatoms. The minimum atomic E-state index is -0.422. The first kappa shape index (κ1) is 23.4. The molecule has 0 bridgehead atoms. The van der Waals surface area contributed by atoms with Gasteiger partial charge in [0.1, 0.15) is 11.5 Å². The first-order valence-corrected chi connectivity index (χ1v) is 11.1. The third kappa shape index (κ3) is 5.31. The Kier molecular flexibility index (Phi) is 8.31. The van der Waals surface area contributed by atoms with Crippen LogP contribution in [-0.4, -0.2) is 38.4 Å². The topological polar surface area (TPSA) is 71.1 Å². The minimum Gasteiger partial charge on any atom is -0.481 e. The largest absolute Gasteiger partial charge is 0.481 e. The molecule has 3 aromatic rings. The SMILES string of the molecule is CCCCc1cccc2c(OCC(=O)OCC)c3ccccc3c(OCC(=O)OCC)c12. The van der Waals surface area contributed by atoms with Crippen molar-refractivity contribution < 1.29 is 28.5 Å². The Balaban J connectivity index is 2.19. The highest BCUT2D eigenvalue weighted by Gasteiger charge is 2.20. The Morgan fingerprint density at radius 3 is 1.88 bits per heavy atom. The third-order valence-corrected chi connectivity index (χ3v) is 5.12. The van der Waals surface area contributed by atoms with Gasteiger partial charge in [0.05, 0.1) is 13.2 Å². The van der Waals surface area contributed by atoms with Gasteiger partial charge in [-0.05, 0) is 32.3 Å². The molecule has 3 rings (SSSR count). The van der Waals surface area contributed by atoms with Crippen molar-refractivity contribution in [1.82, 2.24) is 0 Å². The number of esters is 2. The fraction of sp³-hybridized carbons (Fsp3) is 0.385. The fourth-order valence-corrected chi connectivity index (χ4v) is 3.76. The number of hydrogen-bond donors (Lipinski definition) is 0. The summed E-state index contributed by atoms with van der Waals surface area (Å²) >= 11 is 0. The van der Waals surface area contributed by atoms with Gasteiger partial charge in [-0.25, -0.2) is 9.59 Å². The molecule has 0 amide bonds. The average Bonchev–Trinajstić information content (AvgIpc) is 2.80. The van der Waals surface area contributed by atoms with Gasteiger partial charge in [0.25, 0.3) is 0 Å². The zero-order chi connectivity index (χ0) is 22.9. The number of benzene rings is 3. The standard InChI is InChI=1S/C26H30O6/c1-4-7-11-18-12-10-15-21-24(18)26(32-17-23(28)30-6-3)20-14-9-8-13-19(20)25(21)31-16-22(27)29-5-2/h8-10,12-15H,4-7,11,16-17H2,1-3H3. The van der Waals surface area contributed by atoms with Gasteiger partial charge in [0.2, 0.25) is 0 Å². The van der Waals surface area contributed by atoms with Gasteiger partial charge >= 0.3 is 11.9 Å². The van der Waals surface area contributed by atoms with Crippen LogP contribution in [0.3, 0.4) is 0 Å². The second-order valence-electron chi connectivity index (χ2n) is 7.33. The highest BCUT2D eigenvalue weighted by atomic mass is 16.6. The lowest BCUT2D eigenvalue weighted by Crippen LogP contribution is -2.16. The Labute approximate surface area is 188 Å². The molecule has 0 radical (unpaired) electrons. The zero-order valence-electron chi connectivity index (χ0n) is 18.9. The molecule has 0 saturated heterocycles. The van der Waals surface area contributed by atoms with Crippen LogP contribution >= 0.6 is 0 Å². The van der Waals surface area contributed by atoms with Crippen LogP contribution < -0.4 is 9.47 Å². The van der Waals surface area contributed by atoms with E-state index in [4.69, 9.17) is 18.9 Å². The maximum Gasteiger partial charge on any atom is 0.344 e. The van der Waals surface area contributed by atoms with Gasteiger partial charge in [-0.15, -0.1) is 0 Å². The number of ether oxygens (including phenoxy) is 4. The number of hydrogen-bond acceptors (Lipinski definition) is 6. The van der Waals surface area contributed by atoms with Crippen molar-refractivity contribution in [3.05, 3.63) is 48.0 Å². The van der Waals surface area contributed by atoms with Crippen LogP contribution in [-0.2, 0) is 25.5 Å². The molecule has 0 aliphatic carbocycles. The van der Waals surface area contributed by atoms with Crippen molar-refractivity contribution >= 4 is 33.5 Å². The summed E-state index contributed by atoms with van der Waals surface area (Å²) in [5.74, 6) is 0.386. The van der Waals surface area contributed by atoms with Crippen molar-refractivity contribution in [2.24, 2.45) is 0 Å². The summed E-state index contributed by atoms with van der Waals surface area (Å²) in [6.07, 6.45) is 2.93. The fourth-order valence-electron chi connectivity index (χ4n) is 3.76. The van der Waals surface area contributed by atoms with E-state index in [1.54, 1.807) is 13.8 Å². The van der Waals surface area contributed by atoms with Crippen LogP contribution in [0.25, 0.3) is 21.5 Å². The van der Waals surface area contributed by atoms with E-state index in [2.05, 4.69) is 13.0 Å². The number of unbranched alkanes of at least 4 members (excludes halogenated alkanes) is 1. The van der Waals surface area contributed by atoms with E-state index in [0.717, 1.165) is 46.4 Å². The van der Waals surface area contributed by atoms with Crippen molar-refractivity contribution in [2.45, 2.75) is 40.0 Å². The molecule has 0 unspecified atom stereocenters. The monoisotopic (exact) mass is 438 g/mol. The number of carbonyl (C=O) groups excluding carboxylic acids is 2. The molecule has 6 nitrogen and oxygen atoms in total. The van der Waals surface area contributed by atoms with Gasteiger partial charge in [-0.2, -0.15) is 0 Å². The van der Waals surface area contributed by atoms with Crippen LogP contribution in [0.4, 0.5) is 0 Å². The van der Waals surface area contributed by atoms with E-state index < -0.39 is 11.9 Å². The number of carbonyl (C=O) groups is 2. The molecule has 0 aliphatic rings. The van der Waals surface area contributed by atoms with Gasteiger partial charge < -0.3 is 18.9 Å². The van der Waals surface area contributed by atoms with Crippen LogP contribution in [0, 0.1) is 0 Å². The quantitative estimate of drug-likeness (QED) is 0.302. The van der Waals surface area contributed by atoms with Crippen molar-refractivity contribution in [3.8, 4) is 11.5 Å². The Hall–Kier alpha value is -3.28. The lowest BCUT2D eigenvalue weighted by molar-refractivity contribution is -0.146. The molecule has 0 aromatic heterocycles. The first-order chi connectivity index (χ1) is 15.6. The molecule has 0 atom stereocenters. The van der Waals surface area contributed by atoms with Crippen molar-refractivity contribution in [3.63, 3.8) is 0 Å². The summed E-state index contributed by atoms with van der Waals surface area (Å²) in [5, 5.41) is 3.34. The van der Waals surface area contributed by atoms with Crippen molar-refractivity contribution in [1.29, 1.82) is 0 Å². The predicted molar refractivity (Wildman–Crippen MR) is 124 cm³/mol. The average molecular weight is 439 g/mol. The number of rotatable bonds is 11. The summed E-state index contributed by atoms with van der Waals surface area (Å²) in [4.78, 5) is 24.0. The maximum absolute atomic E-state index is 12.0. The van der Waals surface area contributed by atoms with E-state index in [1.165, 1.54) is 0 Å². The lowest BCUT2D eigenvalue weighted by atomic mass is 9.94. The molecule has 0 aliphatic heterocycles. The molecule has 0 fully saturated rings. The van der Waals surface area contributed by atoms with E-state index in [9.17, 15) is 9.59 Å². The smallest absolute Gasteiger partial charge is 0.344 e.